The summed E-state index contributed by atoms with van der Waals surface area (Å²) in [5.41, 5.74) is -0.271. The summed E-state index contributed by atoms with van der Waals surface area (Å²) in [4.78, 5) is 17.6. The summed E-state index contributed by atoms with van der Waals surface area (Å²) in [6, 6.07) is 1.93. The molecule has 2 aromatic rings. The zero-order valence-corrected chi connectivity index (χ0v) is 12.6. The molecule has 1 aliphatic rings. The van der Waals surface area contributed by atoms with Gasteiger partial charge in [-0.25, -0.2) is 0 Å². The minimum Gasteiger partial charge on any atom is -0.379 e. The number of halogens is 3. The van der Waals surface area contributed by atoms with Gasteiger partial charge in [0.15, 0.2) is 0 Å². The molecule has 0 unspecified atom stereocenters. The monoisotopic (exact) mass is 341 g/mol. The highest BCUT2D eigenvalue weighted by molar-refractivity contribution is 5.92. The van der Waals surface area contributed by atoms with Gasteiger partial charge in [0.05, 0.1) is 29.5 Å². The Hall–Kier alpha value is -2.49. The SMILES string of the molecule is CO[C@@H]1CN(C(=O)c2ccc(C(F)(F)F)cn2)C[C@@H]1c1cn[nH]n1. The molecule has 0 aromatic carbocycles. The van der Waals surface area contributed by atoms with Crippen LogP contribution < -0.4 is 0 Å². The summed E-state index contributed by atoms with van der Waals surface area (Å²) in [6.07, 6.45) is -2.54. The minimum absolute atomic E-state index is 0.0429. The predicted octanol–water partition coefficient (Wildman–Crippen LogP) is 1.47. The number of nitrogens with zero attached hydrogens (tertiary/aromatic N) is 4. The molecule has 2 aromatic heterocycles. The van der Waals surface area contributed by atoms with E-state index in [0.29, 0.717) is 25.0 Å². The number of hydrogen-bond acceptors (Lipinski definition) is 5. The third-order valence-electron chi connectivity index (χ3n) is 3.98. The molecule has 10 heteroatoms. The van der Waals surface area contributed by atoms with Crippen LogP contribution in [0.15, 0.2) is 24.5 Å². The van der Waals surface area contributed by atoms with Gasteiger partial charge in [0.2, 0.25) is 0 Å². The van der Waals surface area contributed by atoms with Gasteiger partial charge >= 0.3 is 6.18 Å². The average Bonchev–Trinajstić information content (AvgIpc) is 3.22. The van der Waals surface area contributed by atoms with E-state index in [2.05, 4.69) is 20.4 Å². The Morgan fingerprint density at radius 1 is 1.33 bits per heavy atom. The van der Waals surface area contributed by atoms with Crippen molar-refractivity contribution in [3.8, 4) is 0 Å². The van der Waals surface area contributed by atoms with Crippen LogP contribution in [0.2, 0.25) is 0 Å². The molecule has 1 amide bonds. The number of amides is 1. The second-order valence-corrected chi connectivity index (χ2v) is 5.42. The van der Waals surface area contributed by atoms with E-state index in [4.69, 9.17) is 4.74 Å². The van der Waals surface area contributed by atoms with Gasteiger partial charge in [-0.05, 0) is 12.1 Å². The van der Waals surface area contributed by atoms with Gasteiger partial charge in [-0.3, -0.25) is 9.78 Å². The van der Waals surface area contributed by atoms with E-state index in [-0.39, 0.29) is 17.7 Å². The Morgan fingerprint density at radius 2 is 2.12 bits per heavy atom. The van der Waals surface area contributed by atoms with Crippen LogP contribution in [0.25, 0.3) is 0 Å². The number of alkyl halides is 3. The number of ether oxygens (including phenoxy) is 1. The maximum absolute atomic E-state index is 12.6. The lowest BCUT2D eigenvalue weighted by molar-refractivity contribution is -0.137. The lowest BCUT2D eigenvalue weighted by Crippen LogP contribution is -2.30. The van der Waals surface area contributed by atoms with Crippen molar-refractivity contribution in [1.29, 1.82) is 0 Å². The van der Waals surface area contributed by atoms with E-state index in [0.717, 1.165) is 12.1 Å². The van der Waals surface area contributed by atoms with Crippen LogP contribution in [-0.4, -0.2) is 57.5 Å². The van der Waals surface area contributed by atoms with E-state index in [1.54, 1.807) is 6.20 Å². The Morgan fingerprint density at radius 3 is 2.67 bits per heavy atom. The first-order valence-corrected chi connectivity index (χ1v) is 7.11. The third-order valence-corrected chi connectivity index (χ3v) is 3.98. The standard InChI is InChI=1S/C14H14F3N5O2/c1-24-12-7-22(6-9(12)11-5-19-21-20-11)13(23)10-3-2-8(4-18-10)14(15,16)17/h2-5,9,12H,6-7H2,1H3,(H,19,20,21)/t9-,12-/m1/s1. The molecule has 1 N–H and O–H groups in total. The van der Waals surface area contributed by atoms with Crippen LogP contribution in [0.3, 0.4) is 0 Å². The molecule has 0 radical (unpaired) electrons. The molecule has 0 bridgehead atoms. The molecule has 128 valence electrons. The molecule has 24 heavy (non-hydrogen) atoms. The number of aromatic amines is 1. The van der Waals surface area contributed by atoms with Gasteiger partial charge in [0, 0.05) is 26.4 Å². The van der Waals surface area contributed by atoms with Crippen LogP contribution in [0.5, 0.6) is 0 Å². The fraction of sp³-hybridized carbons (Fsp3) is 0.429. The topological polar surface area (TPSA) is 84.0 Å². The van der Waals surface area contributed by atoms with Gasteiger partial charge in [-0.2, -0.15) is 28.6 Å². The second kappa shape index (κ2) is 6.19. The second-order valence-electron chi connectivity index (χ2n) is 5.42. The van der Waals surface area contributed by atoms with Crippen LogP contribution in [0.1, 0.15) is 27.7 Å². The smallest absolute Gasteiger partial charge is 0.379 e. The first kappa shape index (κ1) is 16.4. The molecule has 0 spiro atoms. The molecular weight excluding hydrogens is 327 g/mol. The first-order chi connectivity index (χ1) is 11.4. The average molecular weight is 341 g/mol. The third kappa shape index (κ3) is 3.09. The summed E-state index contributed by atoms with van der Waals surface area (Å²) in [6.45, 7) is 0.627. The van der Waals surface area contributed by atoms with Crippen molar-refractivity contribution in [2.24, 2.45) is 0 Å². The number of pyridine rings is 1. The molecule has 2 atom stereocenters. The van der Waals surface area contributed by atoms with Crippen molar-refractivity contribution in [3.63, 3.8) is 0 Å². The molecule has 1 saturated heterocycles. The van der Waals surface area contributed by atoms with Gasteiger partial charge in [-0.15, -0.1) is 0 Å². The largest absolute Gasteiger partial charge is 0.417 e. The number of nitrogens with one attached hydrogen (secondary N) is 1. The fourth-order valence-electron chi connectivity index (χ4n) is 2.70. The molecular formula is C14H14F3N5O2. The van der Waals surface area contributed by atoms with Crippen molar-refractivity contribution in [1.82, 2.24) is 25.3 Å². The molecule has 1 fully saturated rings. The number of aromatic nitrogens is 4. The summed E-state index contributed by atoms with van der Waals surface area (Å²) in [5, 5.41) is 10.3. The van der Waals surface area contributed by atoms with Gasteiger partial charge in [0.1, 0.15) is 5.69 Å². The van der Waals surface area contributed by atoms with Crippen molar-refractivity contribution in [3.05, 3.63) is 41.5 Å². The van der Waals surface area contributed by atoms with Gasteiger partial charge < -0.3 is 9.64 Å². The maximum atomic E-state index is 12.6. The number of H-pyrrole nitrogens is 1. The highest BCUT2D eigenvalue weighted by atomic mass is 19.4. The number of methoxy groups -OCH3 is 1. The number of carbonyl (C=O) groups excluding carboxylic acids is 1. The van der Waals surface area contributed by atoms with Crippen LogP contribution in [0.4, 0.5) is 13.2 Å². The summed E-state index contributed by atoms with van der Waals surface area (Å²) in [5.74, 6) is -0.607. The molecule has 1 aliphatic heterocycles. The van der Waals surface area contributed by atoms with E-state index in [1.165, 1.54) is 12.0 Å². The molecule has 3 heterocycles. The molecule has 7 nitrogen and oxygen atoms in total. The molecule has 3 rings (SSSR count). The van der Waals surface area contributed by atoms with E-state index in [1.807, 2.05) is 0 Å². The Balaban J connectivity index is 1.76. The predicted molar refractivity (Wildman–Crippen MR) is 75.1 cm³/mol. The van der Waals surface area contributed by atoms with E-state index < -0.39 is 17.6 Å². The number of likely N-dealkylation sites (tertiary alicyclic amines) is 1. The number of carbonyl (C=O) groups is 1. The minimum atomic E-state index is -4.48. The van der Waals surface area contributed by atoms with Crippen molar-refractivity contribution >= 4 is 5.91 Å². The highest BCUT2D eigenvalue weighted by Crippen LogP contribution is 2.30. The Kier molecular flexibility index (Phi) is 4.22. The summed E-state index contributed by atoms with van der Waals surface area (Å²) in [7, 11) is 1.53. The summed E-state index contributed by atoms with van der Waals surface area (Å²) < 4.78 is 43.1. The Labute approximate surface area is 134 Å². The van der Waals surface area contributed by atoms with Gasteiger partial charge in [-0.1, -0.05) is 0 Å². The van der Waals surface area contributed by atoms with E-state index in [9.17, 15) is 18.0 Å². The molecule has 0 saturated carbocycles. The quantitative estimate of drug-likeness (QED) is 0.914. The van der Waals surface area contributed by atoms with Crippen molar-refractivity contribution < 1.29 is 22.7 Å². The van der Waals surface area contributed by atoms with Gasteiger partial charge in [0.25, 0.3) is 5.91 Å². The number of rotatable bonds is 3. The lowest BCUT2D eigenvalue weighted by atomic mass is 10.0. The first-order valence-electron chi connectivity index (χ1n) is 7.11. The van der Waals surface area contributed by atoms with E-state index >= 15 is 0 Å². The molecule has 0 aliphatic carbocycles. The van der Waals surface area contributed by atoms with Crippen LogP contribution in [-0.2, 0) is 10.9 Å². The van der Waals surface area contributed by atoms with Crippen LogP contribution in [0, 0.1) is 0 Å². The summed E-state index contributed by atoms with van der Waals surface area (Å²) >= 11 is 0. The van der Waals surface area contributed by atoms with Crippen LogP contribution >= 0.6 is 0 Å². The van der Waals surface area contributed by atoms with Crippen molar-refractivity contribution in [2.75, 3.05) is 20.2 Å². The zero-order valence-electron chi connectivity index (χ0n) is 12.6. The van der Waals surface area contributed by atoms with Crippen molar-refractivity contribution in [2.45, 2.75) is 18.2 Å². The maximum Gasteiger partial charge on any atom is 0.417 e. The number of hydrogen-bond donors (Lipinski definition) is 1. The fourth-order valence-corrected chi connectivity index (χ4v) is 2.70. The normalized spacial score (nSPS) is 21.2. The highest BCUT2D eigenvalue weighted by Gasteiger charge is 2.38. The Bertz CT molecular complexity index is 702. The lowest BCUT2D eigenvalue weighted by Gasteiger charge is -2.15. The zero-order chi connectivity index (χ0) is 17.3.